The van der Waals surface area contributed by atoms with Crippen molar-refractivity contribution in [3.63, 3.8) is 0 Å². The zero-order valence-electron chi connectivity index (χ0n) is 8.58. The normalized spacial score (nSPS) is 36.9. The molecule has 2 heteroatoms. The number of hydrogen-bond donors (Lipinski definition) is 1. The predicted molar refractivity (Wildman–Crippen MR) is 56.7 cm³/mol. The van der Waals surface area contributed by atoms with Gasteiger partial charge < -0.3 is 5.32 Å². The van der Waals surface area contributed by atoms with E-state index in [1.807, 2.05) is 0 Å². The van der Waals surface area contributed by atoms with Crippen molar-refractivity contribution in [2.75, 3.05) is 0 Å². The average molecular weight is 190 g/mol. The second-order valence-electron chi connectivity index (χ2n) is 4.42. The highest BCUT2D eigenvalue weighted by atomic mass is 15.0. The molecule has 0 bridgehead atoms. The molecule has 2 rings (SSSR count). The van der Waals surface area contributed by atoms with Gasteiger partial charge in [-0.2, -0.15) is 5.26 Å². The van der Waals surface area contributed by atoms with Crippen LogP contribution >= 0.6 is 0 Å². The van der Waals surface area contributed by atoms with Crippen molar-refractivity contribution >= 4 is 0 Å². The molecular formula is C12H18N2. The van der Waals surface area contributed by atoms with Crippen LogP contribution in [0.5, 0.6) is 0 Å². The summed E-state index contributed by atoms with van der Waals surface area (Å²) in [6.45, 7) is 0. The van der Waals surface area contributed by atoms with Crippen molar-refractivity contribution in [2.24, 2.45) is 5.92 Å². The lowest BCUT2D eigenvalue weighted by atomic mass is 9.98. The third-order valence-electron chi connectivity index (χ3n) is 3.40. The molecule has 0 spiro atoms. The van der Waals surface area contributed by atoms with Gasteiger partial charge in [0.05, 0.1) is 12.0 Å². The van der Waals surface area contributed by atoms with Crippen LogP contribution < -0.4 is 5.32 Å². The third-order valence-corrected chi connectivity index (χ3v) is 3.40. The zero-order valence-corrected chi connectivity index (χ0v) is 8.58. The summed E-state index contributed by atoms with van der Waals surface area (Å²) >= 11 is 0. The molecule has 0 amide bonds. The second kappa shape index (κ2) is 4.61. The Morgan fingerprint density at radius 3 is 2.86 bits per heavy atom. The van der Waals surface area contributed by atoms with Crippen molar-refractivity contribution in [2.45, 2.75) is 50.6 Å². The molecule has 0 aromatic rings. The quantitative estimate of drug-likeness (QED) is 0.679. The molecule has 14 heavy (non-hydrogen) atoms. The standard InChI is InChI=1S/C12H18N2/c13-9-10-5-4-8-12(10)14-11-6-2-1-3-7-11/h1-2,10-12,14H,3-8H2. The monoisotopic (exact) mass is 190 g/mol. The van der Waals surface area contributed by atoms with Crippen LogP contribution in [0.3, 0.4) is 0 Å². The molecule has 0 heterocycles. The van der Waals surface area contributed by atoms with E-state index in [4.69, 9.17) is 5.26 Å². The average Bonchev–Trinajstić information content (AvgIpc) is 2.67. The van der Waals surface area contributed by atoms with Crippen LogP contribution in [0.15, 0.2) is 12.2 Å². The Balaban J connectivity index is 1.84. The first kappa shape index (κ1) is 9.73. The smallest absolute Gasteiger partial charge is 0.0672 e. The largest absolute Gasteiger partial charge is 0.310 e. The molecule has 2 aliphatic carbocycles. The topological polar surface area (TPSA) is 35.8 Å². The summed E-state index contributed by atoms with van der Waals surface area (Å²) in [5.41, 5.74) is 0. The fourth-order valence-electron chi connectivity index (χ4n) is 2.56. The summed E-state index contributed by atoms with van der Waals surface area (Å²) < 4.78 is 0. The SMILES string of the molecule is N#CC1CCCC1NC1CC=CCC1. The number of nitrogens with zero attached hydrogens (tertiary/aromatic N) is 1. The van der Waals surface area contributed by atoms with E-state index in [9.17, 15) is 0 Å². The van der Waals surface area contributed by atoms with Crippen molar-refractivity contribution in [3.8, 4) is 6.07 Å². The van der Waals surface area contributed by atoms with E-state index in [-0.39, 0.29) is 5.92 Å². The van der Waals surface area contributed by atoms with Gasteiger partial charge in [0, 0.05) is 12.1 Å². The predicted octanol–water partition coefficient (Wildman–Crippen LogP) is 2.38. The molecule has 0 aromatic heterocycles. The summed E-state index contributed by atoms with van der Waals surface area (Å²) in [7, 11) is 0. The van der Waals surface area contributed by atoms with Gasteiger partial charge in [-0.05, 0) is 32.1 Å². The number of nitrogens with one attached hydrogen (secondary N) is 1. The lowest BCUT2D eigenvalue weighted by molar-refractivity contribution is 0.376. The van der Waals surface area contributed by atoms with Crippen molar-refractivity contribution in [3.05, 3.63) is 12.2 Å². The van der Waals surface area contributed by atoms with Gasteiger partial charge in [-0.3, -0.25) is 0 Å². The van der Waals surface area contributed by atoms with E-state index >= 15 is 0 Å². The minimum Gasteiger partial charge on any atom is -0.310 e. The first-order valence-electron chi connectivity index (χ1n) is 5.71. The second-order valence-corrected chi connectivity index (χ2v) is 4.42. The molecule has 1 N–H and O–H groups in total. The summed E-state index contributed by atoms with van der Waals surface area (Å²) in [6.07, 6.45) is 11.6. The molecule has 0 aromatic carbocycles. The van der Waals surface area contributed by atoms with E-state index in [1.54, 1.807) is 0 Å². The highest BCUT2D eigenvalue weighted by molar-refractivity contribution is 5.00. The maximum Gasteiger partial charge on any atom is 0.0672 e. The Bertz CT molecular complexity index is 252. The van der Waals surface area contributed by atoms with E-state index in [0.717, 1.165) is 12.8 Å². The van der Waals surface area contributed by atoms with Crippen LogP contribution in [0, 0.1) is 17.2 Å². The molecule has 0 aliphatic heterocycles. The first-order chi connectivity index (χ1) is 6.90. The van der Waals surface area contributed by atoms with Crippen LogP contribution in [0.25, 0.3) is 0 Å². The van der Waals surface area contributed by atoms with Crippen molar-refractivity contribution in [1.29, 1.82) is 5.26 Å². The molecular weight excluding hydrogens is 172 g/mol. The third kappa shape index (κ3) is 2.16. The zero-order chi connectivity index (χ0) is 9.80. The minimum atomic E-state index is 0.265. The Labute approximate surface area is 86.0 Å². The summed E-state index contributed by atoms with van der Waals surface area (Å²) in [6, 6.07) is 3.52. The Hall–Kier alpha value is -0.810. The Kier molecular flexibility index (Phi) is 3.21. The van der Waals surface area contributed by atoms with Crippen LogP contribution in [-0.4, -0.2) is 12.1 Å². The summed E-state index contributed by atoms with van der Waals surface area (Å²) in [5, 5.41) is 12.6. The highest BCUT2D eigenvalue weighted by Crippen LogP contribution is 2.26. The fourth-order valence-corrected chi connectivity index (χ4v) is 2.56. The van der Waals surface area contributed by atoms with E-state index in [2.05, 4.69) is 23.5 Å². The van der Waals surface area contributed by atoms with Gasteiger partial charge in [0.15, 0.2) is 0 Å². The number of allylic oxidation sites excluding steroid dienone is 1. The van der Waals surface area contributed by atoms with E-state index < -0.39 is 0 Å². The van der Waals surface area contributed by atoms with Crippen LogP contribution in [0.2, 0.25) is 0 Å². The Morgan fingerprint density at radius 2 is 2.14 bits per heavy atom. The van der Waals surface area contributed by atoms with Gasteiger partial charge in [0.25, 0.3) is 0 Å². The van der Waals surface area contributed by atoms with Crippen molar-refractivity contribution in [1.82, 2.24) is 5.32 Å². The molecule has 0 saturated heterocycles. The highest BCUT2D eigenvalue weighted by Gasteiger charge is 2.28. The number of hydrogen-bond acceptors (Lipinski definition) is 2. The molecule has 1 saturated carbocycles. The van der Waals surface area contributed by atoms with Gasteiger partial charge in [-0.1, -0.05) is 18.6 Å². The van der Waals surface area contributed by atoms with Gasteiger partial charge in [-0.15, -0.1) is 0 Å². The molecule has 3 unspecified atom stereocenters. The van der Waals surface area contributed by atoms with Gasteiger partial charge in [0.1, 0.15) is 0 Å². The van der Waals surface area contributed by atoms with Gasteiger partial charge in [0.2, 0.25) is 0 Å². The fraction of sp³-hybridized carbons (Fsp3) is 0.750. The summed E-state index contributed by atoms with van der Waals surface area (Å²) in [4.78, 5) is 0. The minimum absolute atomic E-state index is 0.265. The molecule has 1 fully saturated rings. The van der Waals surface area contributed by atoms with Gasteiger partial charge >= 0.3 is 0 Å². The van der Waals surface area contributed by atoms with E-state index in [0.29, 0.717) is 12.1 Å². The molecule has 76 valence electrons. The lowest BCUT2D eigenvalue weighted by Crippen LogP contribution is -2.40. The molecule has 2 aliphatic rings. The van der Waals surface area contributed by atoms with Crippen LogP contribution in [0.1, 0.15) is 38.5 Å². The molecule has 0 radical (unpaired) electrons. The first-order valence-corrected chi connectivity index (χ1v) is 5.71. The molecule has 3 atom stereocenters. The van der Waals surface area contributed by atoms with Crippen LogP contribution in [0.4, 0.5) is 0 Å². The maximum atomic E-state index is 8.96. The number of rotatable bonds is 2. The maximum absolute atomic E-state index is 8.96. The number of nitriles is 1. The van der Waals surface area contributed by atoms with Crippen LogP contribution in [-0.2, 0) is 0 Å². The Morgan fingerprint density at radius 1 is 1.21 bits per heavy atom. The van der Waals surface area contributed by atoms with E-state index in [1.165, 1.54) is 25.7 Å². The lowest BCUT2D eigenvalue weighted by Gasteiger charge is -2.25. The molecule has 2 nitrogen and oxygen atoms in total. The summed E-state index contributed by atoms with van der Waals surface area (Å²) in [5.74, 6) is 0.265. The van der Waals surface area contributed by atoms with Crippen molar-refractivity contribution < 1.29 is 0 Å². The van der Waals surface area contributed by atoms with Gasteiger partial charge in [-0.25, -0.2) is 0 Å².